The molecule has 1 rings (SSSR count). The van der Waals surface area contributed by atoms with Gasteiger partial charge in [0.1, 0.15) is 0 Å². The van der Waals surface area contributed by atoms with E-state index in [1.54, 1.807) is 12.5 Å². The maximum atomic E-state index is 8.92. The van der Waals surface area contributed by atoms with E-state index in [-0.39, 0.29) is 6.61 Å². The molecule has 0 radical (unpaired) electrons. The summed E-state index contributed by atoms with van der Waals surface area (Å²) in [6.07, 6.45) is 6.37. The molecule has 0 saturated carbocycles. The summed E-state index contributed by atoms with van der Waals surface area (Å²) in [6.45, 7) is 2.15. The van der Waals surface area contributed by atoms with Crippen LogP contribution in [0.5, 0.6) is 0 Å². The first-order chi connectivity index (χ1) is 5.77. The van der Waals surface area contributed by atoms with Crippen molar-refractivity contribution in [1.29, 1.82) is 0 Å². The molecule has 0 spiro atoms. The monoisotopic (exact) mass is 166 g/mol. The number of hydrogen-bond donors (Lipinski definition) is 1. The molecule has 0 aromatic carbocycles. The number of aromatic nitrogens is 2. The molecular weight excluding hydrogens is 152 g/mol. The molecule has 0 amide bonds. The minimum absolute atomic E-state index is 0.127. The molecule has 0 aliphatic carbocycles. The zero-order valence-corrected chi connectivity index (χ0v) is 7.49. The van der Waals surface area contributed by atoms with Gasteiger partial charge in [-0.05, 0) is 18.1 Å². The van der Waals surface area contributed by atoms with E-state index in [0.29, 0.717) is 0 Å². The molecule has 0 saturated heterocycles. The van der Waals surface area contributed by atoms with Gasteiger partial charge in [0.25, 0.3) is 0 Å². The first-order valence-electron chi connectivity index (χ1n) is 4.04. The number of hydrogen-bond acceptors (Lipinski definition) is 2. The van der Waals surface area contributed by atoms with E-state index >= 15 is 0 Å². The normalized spacial score (nSPS) is 12.1. The van der Waals surface area contributed by atoms with Crippen LogP contribution >= 0.6 is 0 Å². The first-order valence-corrected chi connectivity index (χ1v) is 4.04. The van der Waals surface area contributed by atoms with Crippen molar-refractivity contribution in [2.75, 3.05) is 6.61 Å². The van der Waals surface area contributed by atoms with Crippen LogP contribution in [0.1, 0.15) is 19.0 Å². The van der Waals surface area contributed by atoms with E-state index in [1.165, 1.54) is 0 Å². The summed E-state index contributed by atoms with van der Waals surface area (Å²) in [5, 5.41) is 8.92. The largest absolute Gasteiger partial charge is 0.392 e. The lowest BCUT2D eigenvalue weighted by Gasteiger charge is -1.99. The highest BCUT2D eigenvalue weighted by Crippen LogP contribution is 2.07. The lowest BCUT2D eigenvalue weighted by molar-refractivity contribution is 0.329. The molecule has 0 aliphatic rings. The van der Waals surface area contributed by atoms with Crippen molar-refractivity contribution in [3.8, 4) is 0 Å². The van der Waals surface area contributed by atoms with Crippen molar-refractivity contribution in [2.24, 2.45) is 7.05 Å². The third-order valence-electron chi connectivity index (χ3n) is 1.86. The molecule has 1 aromatic rings. The average molecular weight is 166 g/mol. The SMILES string of the molecule is CCC(=Cc1cncn1C)CO. The van der Waals surface area contributed by atoms with Gasteiger partial charge in [-0.15, -0.1) is 0 Å². The van der Waals surface area contributed by atoms with Crippen LogP contribution in [0.3, 0.4) is 0 Å². The molecule has 0 unspecified atom stereocenters. The minimum atomic E-state index is 0.127. The predicted octanol–water partition coefficient (Wildman–Crippen LogP) is 1.21. The highest BCUT2D eigenvalue weighted by Gasteiger charge is 1.96. The van der Waals surface area contributed by atoms with Gasteiger partial charge < -0.3 is 9.67 Å². The number of aliphatic hydroxyl groups is 1. The van der Waals surface area contributed by atoms with Crippen molar-refractivity contribution in [2.45, 2.75) is 13.3 Å². The molecule has 12 heavy (non-hydrogen) atoms. The Kier molecular flexibility index (Phi) is 3.05. The molecule has 0 fully saturated rings. The fourth-order valence-corrected chi connectivity index (χ4v) is 0.975. The zero-order valence-electron chi connectivity index (χ0n) is 7.49. The maximum absolute atomic E-state index is 8.92. The van der Waals surface area contributed by atoms with Gasteiger partial charge >= 0.3 is 0 Å². The summed E-state index contributed by atoms with van der Waals surface area (Å²) in [7, 11) is 1.93. The number of imidazole rings is 1. The average Bonchev–Trinajstić information content (AvgIpc) is 2.47. The van der Waals surface area contributed by atoms with Crippen LogP contribution < -0.4 is 0 Å². The quantitative estimate of drug-likeness (QED) is 0.732. The number of aliphatic hydroxyl groups excluding tert-OH is 1. The molecule has 1 heterocycles. The van der Waals surface area contributed by atoms with E-state index in [1.807, 2.05) is 24.6 Å². The molecule has 3 heteroatoms. The van der Waals surface area contributed by atoms with E-state index < -0.39 is 0 Å². The summed E-state index contributed by atoms with van der Waals surface area (Å²) < 4.78 is 1.92. The van der Waals surface area contributed by atoms with Crippen molar-refractivity contribution in [3.63, 3.8) is 0 Å². The van der Waals surface area contributed by atoms with Gasteiger partial charge in [0, 0.05) is 7.05 Å². The summed E-state index contributed by atoms with van der Waals surface area (Å²) >= 11 is 0. The lowest BCUT2D eigenvalue weighted by atomic mass is 10.2. The van der Waals surface area contributed by atoms with E-state index in [4.69, 9.17) is 5.11 Å². The Morgan fingerprint density at radius 2 is 2.50 bits per heavy atom. The molecule has 0 atom stereocenters. The van der Waals surface area contributed by atoms with Gasteiger partial charge in [-0.3, -0.25) is 0 Å². The highest BCUT2D eigenvalue weighted by atomic mass is 16.3. The van der Waals surface area contributed by atoms with Gasteiger partial charge in [0.2, 0.25) is 0 Å². The Labute approximate surface area is 72.4 Å². The van der Waals surface area contributed by atoms with Crippen LogP contribution in [0.4, 0.5) is 0 Å². The van der Waals surface area contributed by atoms with E-state index in [9.17, 15) is 0 Å². The Balaban J connectivity index is 2.85. The first kappa shape index (κ1) is 9.00. The smallest absolute Gasteiger partial charge is 0.0948 e. The molecule has 66 valence electrons. The molecule has 0 bridgehead atoms. The maximum Gasteiger partial charge on any atom is 0.0948 e. The zero-order chi connectivity index (χ0) is 8.97. The van der Waals surface area contributed by atoms with Crippen LogP contribution in [0, 0.1) is 0 Å². The third-order valence-corrected chi connectivity index (χ3v) is 1.86. The second kappa shape index (κ2) is 4.07. The van der Waals surface area contributed by atoms with Gasteiger partial charge in [-0.1, -0.05) is 6.92 Å². The minimum Gasteiger partial charge on any atom is -0.392 e. The fraction of sp³-hybridized carbons (Fsp3) is 0.444. The third kappa shape index (κ3) is 1.95. The van der Waals surface area contributed by atoms with Gasteiger partial charge in [-0.25, -0.2) is 4.98 Å². The van der Waals surface area contributed by atoms with Crippen LogP contribution in [0.2, 0.25) is 0 Å². The topological polar surface area (TPSA) is 38.0 Å². The fourth-order valence-electron chi connectivity index (χ4n) is 0.975. The highest BCUT2D eigenvalue weighted by molar-refractivity contribution is 5.48. The molecule has 3 nitrogen and oxygen atoms in total. The van der Waals surface area contributed by atoms with Crippen LogP contribution in [0.15, 0.2) is 18.1 Å². The van der Waals surface area contributed by atoms with Crippen molar-refractivity contribution < 1.29 is 5.11 Å². The summed E-state index contributed by atoms with van der Waals surface area (Å²) in [5.41, 5.74) is 2.06. The van der Waals surface area contributed by atoms with Crippen molar-refractivity contribution in [3.05, 3.63) is 23.8 Å². The molecular formula is C9H14N2O. The predicted molar refractivity (Wildman–Crippen MR) is 48.6 cm³/mol. The standard InChI is InChI=1S/C9H14N2O/c1-3-8(6-12)4-9-5-10-7-11(9)2/h4-5,7,12H,3,6H2,1-2H3. The Morgan fingerprint density at radius 3 is 2.92 bits per heavy atom. The van der Waals surface area contributed by atoms with Crippen molar-refractivity contribution >= 4 is 6.08 Å². The summed E-state index contributed by atoms with van der Waals surface area (Å²) in [6, 6.07) is 0. The number of nitrogens with zero attached hydrogens (tertiary/aromatic N) is 2. The van der Waals surface area contributed by atoms with Gasteiger partial charge in [0.05, 0.1) is 24.8 Å². The second-order valence-corrected chi connectivity index (χ2v) is 2.74. The molecule has 1 aromatic heterocycles. The van der Waals surface area contributed by atoms with Gasteiger partial charge in [0.15, 0.2) is 0 Å². The van der Waals surface area contributed by atoms with Crippen LogP contribution in [0.25, 0.3) is 6.08 Å². The Morgan fingerprint density at radius 1 is 1.75 bits per heavy atom. The number of aryl methyl sites for hydroxylation is 1. The molecule has 1 N–H and O–H groups in total. The van der Waals surface area contributed by atoms with Crippen LogP contribution in [-0.4, -0.2) is 21.3 Å². The Hall–Kier alpha value is -1.09. The van der Waals surface area contributed by atoms with E-state index in [2.05, 4.69) is 4.98 Å². The second-order valence-electron chi connectivity index (χ2n) is 2.74. The van der Waals surface area contributed by atoms with Gasteiger partial charge in [-0.2, -0.15) is 0 Å². The van der Waals surface area contributed by atoms with Crippen molar-refractivity contribution in [1.82, 2.24) is 9.55 Å². The van der Waals surface area contributed by atoms with Crippen LogP contribution in [-0.2, 0) is 7.05 Å². The Bertz CT molecular complexity index is 270. The summed E-state index contributed by atoms with van der Waals surface area (Å²) in [4.78, 5) is 3.98. The number of rotatable bonds is 3. The summed E-state index contributed by atoms with van der Waals surface area (Å²) in [5.74, 6) is 0. The lowest BCUT2D eigenvalue weighted by Crippen LogP contribution is -1.92. The van der Waals surface area contributed by atoms with E-state index in [0.717, 1.165) is 17.7 Å². The molecule has 0 aliphatic heterocycles.